The van der Waals surface area contributed by atoms with Crippen LogP contribution < -0.4 is 5.56 Å². The molecule has 2 aromatic rings. The molecule has 1 aromatic carbocycles. The lowest BCUT2D eigenvalue weighted by molar-refractivity contribution is 0.565. The molecule has 0 aliphatic rings. The van der Waals surface area contributed by atoms with Crippen LogP contribution in [0.1, 0.15) is 11.1 Å². The molecule has 18 heavy (non-hydrogen) atoms. The predicted molar refractivity (Wildman–Crippen MR) is 65.7 cm³/mol. The molecule has 0 atom stereocenters. The van der Waals surface area contributed by atoms with Crippen molar-refractivity contribution in [3.8, 4) is 0 Å². The molecule has 1 heterocycles. The lowest BCUT2D eigenvalue weighted by atomic mass is 10.1. The summed E-state index contributed by atoms with van der Waals surface area (Å²) in [6.45, 7) is -0.00894. The first-order chi connectivity index (χ1) is 8.61. The maximum absolute atomic E-state index is 13.7. The molecule has 2 nitrogen and oxygen atoms in total. The van der Waals surface area contributed by atoms with Crippen LogP contribution in [0.4, 0.5) is 8.78 Å². The van der Waals surface area contributed by atoms with E-state index in [-0.39, 0.29) is 12.4 Å². The van der Waals surface area contributed by atoms with Crippen molar-refractivity contribution in [2.24, 2.45) is 0 Å². The first kappa shape index (κ1) is 12.8. The molecule has 0 saturated carbocycles. The van der Waals surface area contributed by atoms with E-state index in [2.05, 4.69) is 0 Å². The minimum atomic E-state index is -0.852. The monoisotopic (exact) mass is 269 g/mol. The zero-order valence-electron chi connectivity index (χ0n) is 9.37. The lowest BCUT2D eigenvalue weighted by Gasteiger charge is -2.07. The van der Waals surface area contributed by atoms with Gasteiger partial charge in [0.25, 0.3) is 5.56 Å². The summed E-state index contributed by atoms with van der Waals surface area (Å²) in [6.07, 6.45) is 1.42. The Hall–Kier alpha value is -1.68. The van der Waals surface area contributed by atoms with E-state index in [4.69, 9.17) is 11.6 Å². The van der Waals surface area contributed by atoms with Gasteiger partial charge < -0.3 is 4.57 Å². The van der Waals surface area contributed by atoms with E-state index in [1.165, 1.54) is 18.3 Å². The van der Waals surface area contributed by atoms with Crippen LogP contribution in [0.5, 0.6) is 0 Å². The predicted octanol–water partition coefficient (Wildman–Crippen LogP) is 2.91. The van der Waals surface area contributed by atoms with Crippen LogP contribution in [-0.4, -0.2) is 4.57 Å². The number of pyridine rings is 1. The van der Waals surface area contributed by atoms with Gasteiger partial charge in [-0.25, -0.2) is 8.78 Å². The number of benzene rings is 1. The van der Waals surface area contributed by atoms with Gasteiger partial charge in [0.15, 0.2) is 5.82 Å². The van der Waals surface area contributed by atoms with E-state index in [1.54, 1.807) is 12.1 Å². The molecule has 0 spiro atoms. The van der Waals surface area contributed by atoms with Crippen LogP contribution in [0.15, 0.2) is 41.3 Å². The molecule has 0 fully saturated rings. The minimum absolute atomic E-state index is 0.00894. The molecule has 2 rings (SSSR count). The summed E-state index contributed by atoms with van der Waals surface area (Å²) >= 11 is 5.59. The van der Waals surface area contributed by atoms with Gasteiger partial charge in [0.2, 0.25) is 0 Å². The fourth-order valence-electron chi connectivity index (χ4n) is 1.62. The van der Waals surface area contributed by atoms with Crippen molar-refractivity contribution in [3.05, 3.63) is 69.6 Å². The summed E-state index contributed by atoms with van der Waals surface area (Å²) in [5, 5.41) is 0. The molecular weight excluding hydrogens is 260 g/mol. The highest BCUT2D eigenvalue weighted by Gasteiger charge is 2.07. The average molecular weight is 270 g/mol. The van der Waals surface area contributed by atoms with E-state index < -0.39 is 17.2 Å². The van der Waals surface area contributed by atoms with Crippen molar-refractivity contribution in [2.75, 3.05) is 0 Å². The Morgan fingerprint density at radius 3 is 2.61 bits per heavy atom. The third kappa shape index (κ3) is 2.59. The summed E-state index contributed by atoms with van der Waals surface area (Å²) in [5.41, 5.74) is 0.208. The standard InChI is InChI=1S/C13H10ClF2NO/c14-7-9-3-4-10(12(16)6-9)8-17-5-1-2-11(15)13(17)18/h1-6H,7-8H2. The smallest absolute Gasteiger partial charge is 0.286 e. The third-order valence-corrected chi connectivity index (χ3v) is 2.89. The number of nitrogens with zero attached hydrogens (tertiary/aromatic N) is 1. The highest BCUT2D eigenvalue weighted by Crippen LogP contribution is 2.13. The van der Waals surface area contributed by atoms with Crippen molar-refractivity contribution in [3.63, 3.8) is 0 Å². The maximum atomic E-state index is 13.7. The van der Waals surface area contributed by atoms with Gasteiger partial charge in [-0.2, -0.15) is 0 Å². The normalized spacial score (nSPS) is 10.6. The number of alkyl halides is 1. The van der Waals surface area contributed by atoms with Crippen molar-refractivity contribution >= 4 is 11.6 Å². The third-order valence-electron chi connectivity index (χ3n) is 2.59. The van der Waals surface area contributed by atoms with Gasteiger partial charge in [-0.15, -0.1) is 11.6 Å². The Balaban J connectivity index is 2.34. The SMILES string of the molecule is O=c1c(F)cccn1Cc1ccc(CCl)cc1F. The zero-order valence-corrected chi connectivity index (χ0v) is 10.1. The minimum Gasteiger partial charge on any atom is -0.308 e. The molecule has 94 valence electrons. The summed E-state index contributed by atoms with van der Waals surface area (Å²) in [7, 11) is 0. The number of rotatable bonds is 3. The maximum Gasteiger partial charge on any atom is 0.286 e. The number of halogens is 3. The second-order valence-corrected chi connectivity index (χ2v) is 4.12. The van der Waals surface area contributed by atoms with Crippen LogP contribution >= 0.6 is 11.6 Å². The van der Waals surface area contributed by atoms with Crippen LogP contribution in [0, 0.1) is 11.6 Å². The average Bonchev–Trinajstić information content (AvgIpc) is 2.37. The summed E-state index contributed by atoms with van der Waals surface area (Å²) in [4.78, 5) is 11.5. The van der Waals surface area contributed by atoms with E-state index in [0.717, 1.165) is 10.6 Å². The van der Waals surface area contributed by atoms with Crippen molar-refractivity contribution in [1.82, 2.24) is 4.57 Å². The first-order valence-corrected chi connectivity index (χ1v) is 5.83. The molecule has 0 saturated heterocycles. The Kier molecular flexibility index (Phi) is 3.77. The largest absolute Gasteiger partial charge is 0.308 e. The van der Waals surface area contributed by atoms with Gasteiger partial charge in [0, 0.05) is 17.6 Å². The quantitative estimate of drug-likeness (QED) is 0.786. The lowest BCUT2D eigenvalue weighted by Crippen LogP contribution is -2.22. The molecule has 0 bridgehead atoms. The summed E-state index contributed by atoms with van der Waals surface area (Å²) < 4.78 is 27.9. The van der Waals surface area contributed by atoms with Crippen molar-refractivity contribution in [2.45, 2.75) is 12.4 Å². The van der Waals surface area contributed by atoms with Gasteiger partial charge in [0.1, 0.15) is 5.82 Å². The van der Waals surface area contributed by atoms with Gasteiger partial charge >= 0.3 is 0 Å². The van der Waals surface area contributed by atoms with Gasteiger partial charge in [-0.1, -0.05) is 12.1 Å². The van der Waals surface area contributed by atoms with Gasteiger partial charge in [-0.3, -0.25) is 4.79 Å². The van der Waals surface area contributed by atoms with Crippen molar-refractivity contribution < 1.29 is 8.78 Å². The number of aromatic nitrogens is 1. The molecule has 0 aliphatic carbocycles. The first-order valence-electron chi connectivity index (χ1n) is 5.30. The number of hydrogen-bond acceptors (Lipinski definition) is 1. The zero-order chi connectivity index (χ0) is 13.1. The van der Waals surface area contributed by atoms with Crippen molar-refractivity contribution in [1.29, 1.82) is 0 Å². The fourth-order valence-corrected chi connectivity index (χ4v) is 1.78. The molecular formula is C13H10ClF2NO. The molecule has 5 heteroatoms. The summed E-state index contributed by atoms with van der Waals surface area (Å²) in [5.74, 6) is -1.09. The highest BCUT2D eigenvalue weighted by molar-refractivity contribution is 6.17. The van der Waals surface area contributed by atoms with Gasteiger partial charge in [0.05, 0.1) is 6.54 Å². The molecule has 1 aromatic heterocycles. The van der Waals surface area contributed by atoms with Crippen LogP contribution in [0.25, 0.3) is 0 Å². The molecule has 0 unspecified atom stereocenters. The second kappa shape index (κ2) is 5.31. The number of hydrogen-bond donors (Lipinski definition) is 0. The van der Waals surface area contributed by atoms with Crippen LogP contribution in [-0.2, 0) is 12.4 Å². The van der Waals surface area contributed by atoms with E-state index in [0.29, 0.717) is 11.1 Å². The Labute approximate surface area is 107 Å². The Morgan fingerprint density at radius 1 is 1.17 bits per heavy atom. The van der Waals surface area contributed by atoms with Crippen LogP contribution in [0.2, 0.25) is 0 Å². The second-order valence-electron chi connectivity index (χ2n) is 3.85. The Bertz CT molecular complexity index is 625. The molecule has 0 radical (unpaired) electrons. The van der Waals surface area contributed by atoms with E-state index in [1.807, 2.05) is 0 Å². The van der Waals surface area contributed by atoms with E-state index >= 15 is 0 Å². The fraction of sp³-hybridized carbons (Fsp3) is 0.154. The molecule has 0 aliphatic heterocycles. The van der Waals surface area contributed by atoms with Gasteiger partial charge in [-0.05, 0) is 23.8 Å². The summed E-state index contributed by atoms with van der Waals surface area (Å²) in [6, 6.07) is 7.01. The highest BCUT2D eigenvalue weighted by atomic mass is 35.5. The molecule has 0 N–H and O–H groups in total. The van der Waals surface area contributed by atoms with Crippen LogP contribution in [0.3, 0.4) is 0 Å². The van der Waals surface area contributed by atoms with E-state index in [9.17, 15) is 13.6 Å². The Morgan fingerprint density at radius 2 is 1.94 bits per heavy atom. The molecule has 0 amide bonds. The topological polar surface area (TPSA) is 22.0 Å².